The molecule has 2 heteroatoms. The van der Waals surface area contributed by atoms with Gasteiger partial charge in [0.1, 0.15) is 0 Å². The lowest BCUT2D eigenvalue weighted by Gasteiger charge is -2.47. The van der Waals surface area contributed by atoms with Crippen LogP contribution in [0.2, 0.25) is 0 Å². The van der Waals surface area contributed by atoms with Crippen molar-refractivity contribution < 1.29 is 0 Å². The van der Waals surface area contributed by atoms with Gasteiger partial charge in [0.15, 0.2) is 0 Å². The van der Waals surface area contributed by atoms with Gasteiger partial charge in [-0.3, -0.25) is 4.90 Å². The third-order valence-electron chi connectivity index (χ3n) is 5.07. The first-order valence-corrected chi connectivity index (χ1v) is 8.17. The predicted octanol–water partition coefficient (Wildman–Crippen LogP) is 3.74. The van der Waals surface area contributed by atoms with Crippen LogP contribution < -0.4 is 5.32 Å². The zero-order valence-electron chi connectivity index (χ0n) is 13.6. The van der Waals surface area contributed by atoms with E-state index in [2.05, 4.69) is 62.2 Å². The molecule has 1 atom stereocenters. The summed E-state index contributed by atoms with van der Waals surface area (Å²) in [6.07, 6.45) is 3.65. The molecule has 2 nitrogen and oxygen atoms in total. The fourth-order valence-electron chi connectivity index (χ4n) is 3.28. The lowest BCUT2D eigenvalue weighted by molar-refractivity contribution is 0.0643. The molecule has 1 saturated heterocycles. The monoisotopic (exact) mass is 274 g/mol. The van der Waals surface area contributed by atoms with Crippen molar-refractivity contribution in [2.24, 2.45) is 0 Å². The smallest absolute Gasteiger partial charge is 0.0304 e. The van der Waals surface area contributed by atoms with E-state index in [1.54, 1.807) is 0 Å². The van der Waals surface area contributed by atoms with Crippen LogP contribution in [0.25, 0.3) is 0 Å². The van der Waals surface area contributed by atoms with Crippen molar-refractivity contribution in [3.05, 3.63) is 35.4 Å². The zero-order valence-corrected chi connectivity index (χ0v) is 13.6. The summed E-state index contributed by atoms with van der Waals surface area (Å²) in [6.45, 7) is 12.5. The first-order valence-electron chi connectivity index (χ1n) is 8.17. The molecular weight excluding hydrogens is 244 g/mol. The van der Waals surface area contributed by atoms with Crippen LogP contribution in [0.3, 0.4) is 0 Å². The number of nitrogens with zero attached hydrogens (tertiary/aromatic N) is 1. The zero-order chi connectivity index (χ0) is 14.6. The average molecular weight is 274 g/mol. The molecule has 0 amide bonds. The maximum absolute atomic E-state index is 3.82. The summed E-state index contributed by atoms with van der Waals surface area (Å²) in [6, 6.07) is 9.69. The Kier molecular flexibility index (Phi) is 5.22. The van der Waals surface area contributed by atoms with Gasteiger partial charge in [0.05, 0.1) is 0 Å². The van der Waals surface area contributed by atoms with Crippen LogP contribution in [0.5, 0.6) is 0 Å². The predicted molar refractivity (Wildman–Crippen MR) is 87.0 cm³/mol. The van der Waals surface area contributed by atoms with Crippen LogP contribution in [-0.2, 0) is 6.54 Å². The molecule has 1 N–H and O–H groups in total. The maximum atomic E-state index is 3.82. The van der Waals surface area contributed by atoms with E-state index in [4.69, 9.17) is 0 Å². The van der Waals surface area contributed by atoms with Gasteiger partial charge in [0, 0.05) is 31.2 Å². The van der Waals surface area contributed by atoms with Crippen LogP contribution in [0, 0.1) is 6.92 Å². The fraction of sp³-hybridized carbons (Fsp3) is 0.667. The number of rotatable bonds is 5. The minimum absolute atomic E-state index is 0.316. The van der Waals surface area contributed by atoms with Gasteiger partial charge in [-0.25, -0.2) is 0 Å². The fourth-order valence-corrected chi connectivity index (χ4v) is 3.28. The van der Waals surface area contributed by atoms with Crippen molar-refractivity contribution in [2.45, 2.75) is 65.1 Å². The molecule has 0 saturated carbocycles. The largest absolute Gasteiger partial charge is 0.308 e. The second kappa shape index (κ2) is 6.73. The molecule has 1 heterocycles. The second-order valence-electron chi connectivity index (χ2n) is 6.32. The van der Waals surface area contributed by atoms with Crippen molar-refractivity contribution in [2.75, 3.05) is 13.1 Å². The number of piperazine rings is 1. The van der Waals surface area contributed by atoms with Crippen molar-refractivity contribution in [3.63, 3.8) is 0 Å². The minimum Gasteiger partial charge on any atom is -0.308 e. The second-order valence-corrected chi connectivity index (χ2v) is 6.32. The molecule has 1 aromatic carbocycles. The van der Waals surface area contributed by atoms with Crippen molar-refractivity contribution in [1.29, 1.82) is 0 Å². The molecule has 0 bridgehead atoms. The summed E-state index contributed by atoms with van der Waals surface area (Å²) in [5.74, 6) is 0. The Labute approximate surface area is 124 Å². The Morgan fingerprint density at radius 3 is 2.35 bits per heavy atom. The topological polar surface area (TPSA) is 15.3 Å². The number of aryl methyl sites for hydroxylation is 1. The highest BCUT2D eigenvalue weighted by atomic mass is 15.2. The van der Waals surface area contributed by atoms with Gasteiger partial charge in [-0.2, -0.15) is 0 Å². The third-order valence-corrected chi connectivity index (χ3v) is 5.07. The van der Waals surface area contributed by atoms with Gasteiger partial charge in [-0.15, -0.1) is 0 Å². The van der Waals surface area contributed by atoms with Crippen LogP contribution in [0.4, 0.5) is 0 Å². The van der Waals surface area contributed by atoms with E-state index >= 15 is 0 Å². The highest BCUT2D eigenvalue weighted by molar-refractivity contribution is 5.21. The van der Waals surface area contributed by atoms with Gasteiger partial charge in [0.25, 0.3) is 0 Å². The summed E-state index contributed by atoms with van der Waals surface area (Å²) < 4.78 is 0. The average Bonchev–Trinajstić information content (AvgIpc) is 2.49. The Bertz CT molecular complexity index is 406. The molecule has 0 spiro atoms. The Hall–Kier alpha value is -0.860. The molecule has 0 aromatic heterocycles. The highest BCUT2D eigenvalue weighted by Gasteiger charge is 2.35. The van der Waals surface area contributed by atoms with Gasteiger partial charge in [-0.1, -0.05) is 50.6 Å². The molecule has 1 aromatic rings. The molecule has 2 rings (SSSR count). The van der Waals surface area contributed by atoms with E-state index in [0.717, 1.165) is 13.1 Å². The van der Waals surface area contributed by atoms with E-state index in [0.29, 0.717) is 11.6 Å². The van der Waals surface area contributed by atoms with Crippen molar-refractivity contribution in [1.82, 2.24) is 10.2 Å². The third kappa shape index (κ3) is 3.42. The molecule has 0 radical (unpaired) electrons. The Morgan fingerprint density at radius 2 is 1.80 bits per heavy atom. The first kappa shape index (κ1) is 15.5. The molecule has 20 heavy (non-hydrogen) atoms. The Morgan fingerprint density at radius 1 is 1.15 bits per heavy atom. The molecule has 1 unspecified atom stereocenters. The number of benzene rings is 1. The Balaban J connectivity index is 2.10. The molecule has 1 fully saturated rings. The summed E-state index contributed by atoms with van der Waals surface area (Å²) in [7, 11) is 0. The van der Waals surface area contributed by atoms with E-state index in [1.807, 2.05) is 0 Å². The van der Waals surface area contributed by atoms with Crippen LogP contribution >= 0.6 is 0 Å². The van der Waals surface area contributed by atoms with E-state index in [9.17, 15) is 0 Å². The van der Waals surface area contributed by atoms with Crippen LogP contribution in [-0.4, -0.2) is 29.6 Å². The minimum atomic E-state index is 0.316. The summed E-state index contributed by atoms with van der Waals surface area (Å²) >= 11 is 0. The molecule has 0 aliphatic carbocycles. The SMILES string of the molecule is CCC1CNC(CC)(CC)CN1Cc1ccc(C)cc1. The van der Waals surface area contributed by atoms with Gasteiger partial charge >= 0.3 is 0 Å². The lowest BCUT2D eigenvalue weighted by atomic mass is 9.88. The van der Waals surface area contributed by atoms with E-state index < -0.39 is 0 Å². The highest BCUT2D eigenvalue weighted by Crippen LogP contribution is 2.25. The lowest BCUT2D eigenvalue weighted by Crippen LogP contribution is -2.63. The summed E-state index contributed by atoms with van der Waals surface area (Å²) in [4.78, 5) is 2.69. The van der Waals surface area contributed by atoms with Crippen molar-refractivity contribution >= 4 is 0 Å². The molecule has 1 aliphatic heterocycles. The van der Waals surface area contributed by atoms with Crippen LogP contribution in [0.15, 0.2) is 24.3 Å². The molecule has 1 aliphatic rings. The maximum Gasteiger partial charge on any atom is 0.0304 e. The van der Waals surface area contributed by atoms with Gasteiger partial charge < -0.3 is 5.32 Å². The summed E-state index contributed by atoms with van der Waals surface area (Å²) in [5, 5.41) is 3.82. The standard InChI is InChI=1S/C18H30N2/c1-5-17-12-19-18(6-2,7-3)14-20(17)13-16-10-8-15(4)9-11-16/h8-11,17,19H,5-7,12-14H2,1-4H3. The quantitative estimate of drug-likeness (QED) is 0.880. The number of hydrogen-bond donors (Lipinski definition) is 1. The van der Waals surface area contributed by atoms with Gasteiger partial charge in [-0.05, 0) is 31.7 Å². The van der Waals surface area contributed by atoms with E-state index in [-0.39, 0.29) is 0 Å². The summed E-state index contributed by atoms with van der Waals surface area (Å²) in [5.41, 5.74) is 3.10. The number of hydrogen-bond acceptors (Lipinski definition) is 2. The van der Waals surface area contributed by atoms with E-state index in [1.165, 1.54) is 36.9 Å². The normalized spacial score (nSPS) is 22.9. The van der Waals surface area contributed by atoms with Crippen molar-refractivity contribution in [3.8, 4) is 0 Å². The molecule has 112 valence electrons. The number of nitrogens with one attached hydrogen (secondary N) is 1. The van der Waals surface area contributed by atoms with Gasteiger partial charge in [0.2, 0.25) is 0 Å². The van der Waals surface area contributed by atoms with Crippen LogP contribution in [0.1, 0.15) is 51.2 Å². The first-order chi connectivity index (χ1) is 9.62. The molecular formula is C18H30N2.